The Morgan fingerprint density at radius 1 is 1.33 bits per heavy atom. The minimum atomic E-state index is -3.82. The van der Waals surface area contributed by atoms with Crippen LogP contribution in [0.4, 0.5) is 10.1 Å². The van der Waals surface area contributed by atoms with Crippen LogP contribution < -0.4 is 10.5 Å². The lowest BCUT2D eigenvalue weighted by Crippen LogP contribution is -2.12. The molecule has 0 saturated carbocycles. The Bertz CT molecular complexity index is 717. The maximum Gasteiger partial charge on any atom is 0.263 e. The average molecular weight is 332 g/mol. The number of hydrogen-bond donors (Lipinski definition) is 2. The molecule has 0 fully saturated rings. The number of anilines is 1. The Morgan fingerprint density at radius 3 is 2.57 bits per heavy atom. The summed E-state index contributed by atoms with van der Waals surface area (Å²) in [7, 11) is -3.82. The monoisotopic (exact) mass is 331 g/mol. The summed E-state index contributed by atoms with van der Waals surface area (Å²) in [6.07, 6.45) is 1.49. The summed E-state index contributed by atoms with van der Waals surface area (Å²) < 4.78 is 41.9. The molecule has 1 aromatic heterocycles. The molecule has 0 aliphatic carbocycles. The molecule has 0 radical (unpaired) electrons. The highest BCUT2D eigenvalue weighted by molar-refractivity contribution is 7.92. The summed E-state index contributed by atoms with van der Waals surface area (Å²) in [5, 5.41) is 0.112. The largest absolute Gasteiger partial charge is 0.349 e. The summed E-state index contributed by atoms with van der Waals surface area (Å²) in [5.41, 5.74) is 6.34. The molecule has 1 heterocycles. The van der Waals surface area contributed by atoms with E-state index in [9.17, 15) is 12.8 Å². The van der Waals surface area contributed by atoms with Gasteiger partial charge in [0.05, 0.1) is 5.69 Å². The number of nitrogens with one attached hydrogen (secondary N) is 1. The van der Waals surface area contributed by atoms with Gasteiger partial charge in [0.1, 0.15) is 10.7 Å². The number of nitrogens with two attached hydrogens (primary N) is 1. The molecule has 0 atom stereocenters. The second-order valence-electron chi connectivity index (χ2n) is 4.42. The van der Waals surface area contributed by atoms with E-state index in [2.05, 4.69) is 4.72 Å². The van der Waals surface area contributed by atoms with E-state index in [1.54, 1.807) is 4.57 Å². The summed E-state index contributed by atoms with van der Waals surface area (Å²) >= 11 is 5.70. The number of halogens is 2. The van der Waals surface area contributed by atoms with E-state index >= 15 is 0 Å². The fraction of sp³-hybridized carbons (Fsp3) is 0.231. The molecule has 2 aromatic rings. The maximum atomic E-state index is 13.2. The number of rotatable bonds is 5. The molecule has 5 nitrogen and oxygen atoms in total. The summed E-state index contributed by atoms with van der Waals surface area (Å²) in [6, 6.07) is 4.99. The Labute approximate surface area is 127 Å². The Kier molecular flexibility index (Phi) is 4.55. The lowest BCUT2D eigenvalue weighted by Gasteiger charge is -2.07. The molecular formula is C13H15ClFN3O2S. The smallest absolute Gasteiger partial charge is 0.263 e. The molecule has 21 heavy (non-hydrogen) atoms. The molecule has 0 spiro atoms. The third-order valence-corrected chi connectivity index (χ3v) is 4.50. The van der Waals surface area contributed by atoms with Crippen molar-refractivity contribution in [3.05, 3.63) is 47.0 Å². The van der Waals surface area contributed by atoms with E-state index in [0.29, 0.717) is 12.2 Å². The van der Waals surface area contributed by atoms with Crippen molar-refractivity contribution in [2.45, 2.75) is 24.9 Å². The van der Waals surface area contributed by atoms with Gasteiger partial charge >= 0.3 is 0 Å². The second kappa shape index (κ2) is 6.05. The minimum absolute atomic E-state index is 0.0681. The second-order valence-corrected chi connectivity index (χ2v) is 6.54. The summed E-state index contributed by atoms with van der Waals surface area (Å²) in [4.78, 5) is 0.0742. The van der Waals surface area contributed by atoms with E-state index in [0.717, 1.165) is 12.1 Å². The van der Waals surface area contributed by atoms with E-state index < -0.39 is 15.8 Å². The normalized spacial score (nSPS) is 11.6. The van der Waals surface area contributed by atoms with Crippen LogP contribution in [0.1, 0.15) is 12.6 Å². The van der Waals surface area contributed by atoms with Crippen LogP contribution in [0.25, 0.3) is 0 Å². The fourth-order valence-corrected chi connectivity index (χ4v) is 3.29. The van der Waals surface area contributed by atoms with Gasteiger partial charge in [-0.15, -0.1) is 0 Å². The molecule has 8 heteroatoms. The number of aryl methyl sites for hydroxylation is 1. The van der Waals surface area contributed by atoms with Gasteiger partial charge < -0.3 is 10.3 Å². The van der Waals surface area contributed by atoms with Crippen molar-refractivity contribution in [2.24, 2.45) is 5.73 Å². The highest BCUT2D eigenvalue weighted by Crippen LogP contribution is 2.22. The van der Waals surface area contributed by atoms with Crippen LogP contribution in [-0.2, 0) is 23.1 Å². The van der Waals surface area contributed by atoms with Gasteiger partial charge in [-0.2, -0.15) is 0 Å². The van der Waals surface area contributed by atoms with Crippen LogP contribution in [0.15, 0.2) is 35.4 Å². The van der Waals surface area contributed by atoms with Gasteiger partial charge in [-0.05, 0) is 31.2 Å². The van der Waals surface area contributed by atoms with Crippen LogP contribution in [0, 0.1) is 5.82 Å². The molecule has 0 bridgehead atoms. The Hall–Kier alpha value is -1.57. The maximum absolute atomic E-state index is 13.2. The van der Waals surface area contributed by atoms with E-state index in [4.69, 9.17) is 17.3 Å². The van der Waals surface area contributed by atoms with Crippen molar-refractivity contribution < 1.29 is 12.8 Å². The number of aromatic nitrogens is 1. The number of hydrogen-bond acceptors (Lipinski definition) is 3. The zero-order chi connectivity index (χ0) is 15.6. The van der Waals surface area contributed by atoms with Crippen molar-refractivity contribution in [1.82, 2.24) is 4.57 Å². The van der Waals surface area contributed by atoms with Gasteiger partial charge in [0.2, 0.25) is 0 Å². The average Bonchev–Trinajstić information content (AvgIpc) is 2.80. The Balaban J connectivity index is 2.35. The van der Waals surface area contributed by atoms with E-state index in [-0.39, 0.29) is 22.2 Å². The van der Waals surface area contributed by atoms with Crippen LogP contribution in [0.3, 0.4) is 0 Å². The van der Waals surface area contributed by atoms with Crippen molar-refractivity contribution in [3.8, 4) is 0 Å². The topological polar surface area (TPSA) is 77.1 Å². The summed E-state index contributed by atoms with van der Waals surface area (Å²) in [5.74, 6) is -0.617. The molecule has 0 amide bonds. The molecular weight excluding hydrogens is 317 g/mol. The number of benzene rings is 1. The first-order valence-corrected chi connectivity index (χ1v) is 8.10. The van der Waals surface area contributed by atoms with Crippen LogP contribution in [0.5, 0.6) is 0 Å². The highest BCUT2D eigenvalue weighted by atomic mass is 35.5. The SMILES string of the molecule is CCn1cc(S(=O)(=O)Nc2cc(F)cc(Cl)c2)cc1CN. The van der Waals surface area contributed by atoms with Gasteiger partial charge in [-0.25, -0.2) is 12.8 Å². The minimum Gasteiger partial charge on any atom is -0.349 e. The molecule has 0 aliphatic rings. The standard InChI is InChI=1S/C13H15ClFN3O2S/c1-2-18-8-13(6-12(18)7-16)21(19,20)17-11-4-9(14)3-10(15)5-11/h3-6,8,17H,2,7,16H2,1H3. The lowest BCUT2D eigenvalue weighted by molar-refractivity contribution is 0.600. The molecule has 0 aliphatic heterocycles. The Morgan fingerprint density at radius 2 is 2.05 bits per heavy atom. The third-order valence-electron chi connectivity index (χ3n) is 2.94. The molecule has 2 rings (SSSR count). The molecule has 114 valence electrons. The van der Waals surface area contributed by atoms with Crippen molar-refractivity contribution >= 4 is 27.3 Å². The van der Waals surface area contributed by atoms with Crippen molar-refractivity contribution in [3.63, 3.8) is 0 Å². The van der Waals surface area contributed by atoms with Crippen molar-refractivity contribution in [2.75, 3.05) is 4.72 Å². The quantitative estimate of drug-likeness (QED) is 0.884. The molecule has 0 saturated heterocycles. The van der Waals surface area contributed by atoms with E-state index in [1.165, 1.54) is 18.3 Å². The zero-order valence-electron chi connectivity index (χ0n) is 11.3. The van der Waals surface area contributed by atoms with E-state index in [1.807, 2.05) is 6.92 Å². The predicted molar refractivity (Wildman–Crippen MR) is 80.2 cm³/mol. The first-order valence-electron chi connectivity index (χ1n) is 6.23. The molecule has 1 aromatic carbocycles. The van der Waals surface area contributed by atoms with Crippen LogP contribution in [-0.4, -0.2) is 13.0 Å². The summed E-state index contributed by atoms with van der Waals surface area (Å²) in [6.45, 7) is 2.72. The third kappa shape index (κ3) is 3.55. The molecule has 3 N–H and O–H groups in total. The highest BCUT2D eigenvalue weighted by Gasteiger charge is 2.18. The van der Waals surface area contributed by atoms with Gasteiger partial charge in [-0.1, -0.05) is 11.6 Å². The zero-order valence-corrected chi connectivity index (χ0v) is 12.9. The van der Waals surface area contributed by atoms with Gasteiger partial charge in [0, 0.05) is 30.0 Å². The fourth-order valence-electron chi connectivity index (χ4n) is 1.97. The number of nitrogens with zero attached hydrogens (tertiary/aromatic N) is 1. The van der Waals surface area contributed by atoms with Crippen LogP contribution in [0.2, 0.25) is 5.02 Å². The number of sulfonamides is 1. The van der Waals surface area contributed by atoms with Crippen LogP contribution >= 0.6 is 11.6 Å². The molecule has 0 unspecified atom stereocenters. The van der Waals surface area contributed by atoms with Gasteiger partial charge in [0.25, 0.3) is 10.0 Å². The van der Waals surface area contributed by atoms with Crippen molar-refractivity contribution in [1.29, 1.82) is 0 Å². The first kappa shape index (κ1) is 15.8. The first-order chi connectivity index (χ1) is 9.85. The van der Waals surface area contributed by atoms with Gasteiger partial charge in [0.15, 0.2) is 0 Å². The van der Waals surface area contributed by atoms with Gasteiger partial charge in [-0.3, -0.25) is 4.72 Å². The lowest BCUT2D eigenvalue weighted by atomic mass is 10.3. The predicted octanol–water partition coefficient (Wildman–Crippen LogP) is 2.56.